The highest BCUT2D eigenvalue weighted by molar-refractivity contribution is 7.11. The number of guanidine groups is 1. The fraction of sp³-hybridized carbons (Fsp3) is 0.789. The van der Waals surface area contributed by atoms with Crippen molar-refractivity contribution in [3.8, 4) is 0 Å². The number of rotatable bonds is 5. The van der Waals surface area contributed by atoms with Crippen LogP contribution in [0, 0.1) is 25.2 Å². The predicted octanol–water partition coefficient (Wildman–Crippen LogP) is 3.66. The van der Waals surface area contributed by atoms with Crippen LogP contribution in [0.15, 0.2) is 4.99 Å². The van der Waals surface area contributed by atoms with E-state index in [9.17, 15) is 0 Å². The van der Waals surface area contributed by atoms with E-state index in [-0.39, 0.29) is 5.41 Å². The van der Waals surface area contributed by atoms with E-state index in [4.69, 9.17) is 9.73 Å². The molecule has 2 heterocycles. The molecule has 6 heteroatoms. The molecular formula is C19H34N4OS. The van der Waals surface area contributed by atoms with Crippen LogP contribution in [0.4, 0.5) is 0 Å². The Hall–Kier alpha value is -1.14. The lowest BCUT2D eigenvalue weighted by atomic mass is 9.78. The van der Waals surface area contributed by atoms with Gasteiger partial charge in [0.1, 0.15) is 0 Å². The summed E-state index contributed by atoms with van der Waals surface area (Å²) in [6.07, 6.45) is 2.65. The van der Waals surface area contributed by atoms with Gasteiger partial charge in [0, 0.05) is 30.5 Å². The summed E-state index contributed by atoms with van der Waals surface area (Å²) in [5, 5.41) is 7.99. The summed E-state index contributed by atoms with van der Waals surface area (Å²) < 4.78 is 6.09. The van der Waals surface area contributed by atoms with Crippen LogP contribution in [0.5, 0.6) is 0 Å². The van der Waals surface area contributed by atoms with Gasteiger partial charge in [-0.3, -0.25) is 0 Å². The minimum absolute atomic E-state index is 0.166. The van der Waals surface area contributed by atoms with E-state index in [2.05, 4.69) is 50.2 Å². The number of aliphatic imine (C=N–C) groups is 1. The van der Waals surface area contributed by atoms with Crippen molar-refractivity contribution in [3.63, 3.8) is 0 Å². The van der Waals surface area contributed by atoms with E-state index in [1.165, 1.54) is 11.3 Å². The minimum Gasteiger partial charge on any atom is -0.377 e. The third kappa shape index (κ3) is 5.96. The molecule has 142 valence electrons. The zero-order valence-electron chi connectivity index (χ0n) is 16.6. The monoisotopic (exact) mass is 366 g/mol. The Bertz CT molecular complexity index is 576. The molecule has 1 fully saturated rings. The molecule has 1 aliphatic rings. The maximum absolute atomic E-state index is 6.09. The van der Waals surface area contributed by atoms with Crippen molar-refractivity contribution in [2.24, 2.45) is 16.3 Å². The van der Waals surface area contributed by atoms with Crippen molar-refractivity contribution in [3.05, 3.63) is 15.6 Å². The van der Waals surface area contributed by atoms with Gasteiger partial charge in [-0.25, -0.2) is 9.98 Å². The van der Waals surface area contributed by atoms with Crippen LogP contribution < -0.4 is 10.6 Å². The first-order valence-corrected chi connectivity index (χ1v) is 10.2. The van der Waals surface area contributed by atoms with Gasteiger partial charge in [-0.2, -0.15) is 0 Å². The first-order valence-electron chi connectivity index (χ1n) is 9.38. The zero-order valence-corrected chi connectivity index (χ0v) is 17.4. The lowest BCUT2D eigenvalue weighted by Gasteiger charge is -2.40. The van der Waals surface area contributed by atoms with Crippen molar-refractivity contribution in [2.45, 2.75) is 67.0 Å². The van der Waals surface area contributed by atoms with Gasteiger partial charge in [0.25, 0.3) is 0 Å². The van der Waals surface area contributed by atoms with Gasteiger partial charge in [0.05, 0.1) is 23.4 Å². The maximum atomic E-state index is 6.09. The minimum atomic E-state index is 0.166. The Balaban J connectivity index is 1.98. The number of thiazole rings is 1. The van der Waals surface area contributed by atoms with Crippen LogP contribution in [0.2, 0.25) is 0 Å². The number of ether oxygens (including phenoxy) is 1. The number of aromatic nitrogens is 1. The average molecular weight is 367 g/mol. The van der Waals surface area contributed by atoms with Gasteiger partial charge in [-0.1, -0.05) is 20.8 Å². The van der Waals surface area contributed by atoms with Gasteiger partial charge in [0.2, 0.25) is 0 Å². The van der Waals surface area contributed by atoms with E-state index in [1.54, 1.807) is 11.3 Å². The average Bonchev–Trinajstić information content (AvgIpc) is 2.87. The molecule has 1 aromatic heterocycles. The summed E-state index contributed by atoms with van der Waals surface area (Å²) in [5.74, 6) is 1.40. The van der Waals surface area contributed by atoms with E-state index in [0.717, 1.165) is 42.8 Å². The standard InChI is InChI=1S/C19H34N4OS/c1-7-20-18(22-12-16-13(2)23-14(3)25-16)21-11-15-9-8-10-24-17(15)19(4,5)6/h15,17H,7-12H2,1-6H3,(H2,20,21,22). The van der Waals surface area contributed by atoms with Crippen LogP contribution in [0.25, 0.3) is 0 Å². The lowest BCUT2D eigenvalue weighted by Crippen LogP contribution is -2.47. The van der Waals surface area contributed by atoms with Gasteiger partial charge >= 0.3 is 0 Å². The summed E-state index contributed by atoms with van der Waals surface area (Å²) in [4.78, 5) is 10.5. The van der Waals surface area contributed by atoms with Gasteiger partial charge in [-0.15, -0.1) is 11.3 Å². The molecule has 2 N–H and O–H groups in total. The van der Waals surface area contributed by atoms with E-state index in [0.29, 0.717) is 18.6 Å². The second kappa shape index (κ2) is 8.99. The Morgan fingerprint density at radius 3 is 2.68 bits per heavy atom. The highest BCUT2D eigenvalue weighted by atomic mass is 32.1. The van der Waals surface area contributed by atoms with E-state index < -0.39 is 0 Å². The summed E-state index contributed by atoms with van der Waals surface area (Å²) >= 11 is 1.73. The topological polar surface area (TPSA) is 58.5 Å². The van der Waals surface area contributed by atoms with E-state index in [1.807, 2.05) is 6.92 Å². The lowest BCUT2D eigenvalue weighted by molar-refractivity contribution is -0.0835. The largest absolute Gasteiger partial charge is 0.377 e. The van der Waals surface area contributed by atoms with Crippen molar-refractivity contribution < 1.29 is 4.74 Å². The van der Waals surface area contributed by atoms with Crippen molar-refractivity contribution in [2.75, 3.05) is 19.7 Å². The van der Waals surface area contributed by atoms with Crippen molar-refractivity contribution in [1.82, 2.24) is 15.6 Å². The van der Waals surface area contributed by atoms with Gasteiger partial charge < -0.3 is 15.4 Å². The molecule has 0 saturated carbocycles. The molecule has 0 amide bonds. The van der Waals surface area contributed by atoms with Gasteiger partial charge in [-0.05, 0) is 39.0 Å². The van der Waals surface area contributed by atoms with Crippen LogP contribution in [0.3, 0.4) is 0 Å². The Morgan fingerprint density at radius 1 is 1.32 bits per heavy atom. The highest BCUT2D eigenvalue weighted by Crippen LogP contribution is 2.33. The molecule has 1 aliphatic heterocycles. The number of hydrogen-bond donors (Lipinski definition) is 2. The fourth-order valence-corrected chi connectivity index (χ4v) is 4.31. The van der Waals surface area contributed by atoms with Gasteiger partial charge in [0.15, 0.2) is 5.96 Å². The third-order valence-electron chi connectivity index (χ3n) is 4.55. The highest BCUT2D eigenvalue weighted by Gasteiger charge is 2.35. The molecule has 1 aromatic rings. The Labute approximate surface area is 156 Å². The summed E-state index contributed by atoms with van der Waals surface area (Å²) in [7, 11) is 0. The second-order valence-corrected chi connectivity index (χ2v) is 9.17. The molecule has 0 aromatic carbocycles. The Morgan fingerprint density at radius 2 is 2.08 bits per heavy atom. The van der Waals surface area contributed by atoms with Crippen LogP contribution >= 0.6 is 11.3 Å². The van der Waals surface area contributed by atoms with Crippen LogP contribution in [-0.4, -0.2) is 36.7 Å². The molecule has 5 nitrogen and oxygen atoms in total. The van der Waals surface area contributed by atoms with Crippen molar-refractivity contribution >= 4 is 17.3 Å². The molecule has 25 heavy (non-hydrogen) atoms. The number of aryl methyl sites for hydroxylation is 2. The maximum Gasteiger partial charge on any atom is 0.191 e. The molecule has 2 atom stereocenters. The summed E-state index contributed by atoms with van der Waals surface area (Å²) in [6.45, 7) is 16.3. The second-order valence-electron chi connectivity index (χ2n) is 7.88. The SMILES string of the molecule is CCNC(=NCc1sc(C)nc1C)NCC1CCCOC1C(C)(C)C. The molecule has 2 rings (SSSR count). The number of hydrogen-bond acceptors (Lipinski definition) is 4. The predicted molar refractivity (Wildman–Crippen MR) is 106 cm³/mol. The third-order valence-corrected chi connectivity index (χ3v) is 5.61. The molecule has 0 spiro atoms. The van der Waals surface area contributed by atoms with Crippen LogP contribution in [0.1, 0.15) is 56.1 Å². The number of nitrogens with one attached hydrogen (secondary N) is 2. The molecule has 2 unspecified atom stereocenters. The first-order chi connectivity index (χ1) is 11.8. The smallest absolute Gasteiger partial charge is 0.191 e. The van der Waals surface area contributed by atoms with E-state index >= 15 is 0 Å². The molecule has 0 aliphatic carbocycles. The van der Waals surface area contributed by atoms with Crippen molar-refractivity contribution in [1.29, 1.82) is 0 Å². The fourth-order valence-electron chi connectivity index (χ4n) is 3.45. The summed E-state index contributed by atoms with van der Waals surface area (Å²) in [6, 6.07) is 0. The Kier molecular flexibility index (Phi) is 7.25. The van der Waals surface area contributed by atoms with Crippen LogP contribution in [-0.2, 0) is 11.3 Å². The zero-order chi connectivity index (χ0) is 18.4. The molecule has 0 bridgehead atoms. The molecule has 0 radical (unpaired) electrons. The molecular weight excluding hydrogens is 332 g/mol. The number of nitrogens with zero attached hydrogens (tertiary/aromatic N) is 2. The quantitative estimate of drug-likeness (QED) is 0.617. The normalized spacial score (nSPS) is 22.1. The summed E-state index contributed by atoms with van der Waals surface area (Å²) in [5.41, 5.74) is 1.26. The molecule has 1 saturated heterocycles. The first kappa shape index (κ1) is 20.2.